The lowest BCUT2D eigenvalue weighted by molar-refractivity contribution is 0.0463. The van der Waals surface area contributed by atoms with Crippen molar-refractivity contribution >= 4 is 29.3 Å². The van der Waals surface area contributed by atoms with Gasteiger partial charge in [0, 0.05) is 28.2 Å². The fourth-order valence-corrected chi connectivity index (χ4v) is 3.10. The predicted octanol–water partition coefficient (Wildman–Crippen LogP) is 4.70. The lowest BCUT2D eigenvalue weighted by Crippen LogP contribution is -2.53. The first-order valence-electron chi connectivity index (χ1n) is 7.84. The Labute approximate surface area is 147 Å². The number of amides is 1. The summed E-state index contributed by atoms with van der Waals surface area (Å²) in [6.45, 7) is 7.63. The van der Waals surface area contributed by atoms with Crippen LogP contribution in [0, 0.1) is 0 Å². The minimum absolute atomic E-state index is 0.105. The van der Waals surface area contributed by atoms with Gasteiger partial charge in [-0.15, -0.1) is 0 Å². The lowest BCUT2D eigenvalue weighted by atomic mass is 9.86. The molecule has 1 amide bonds. The quantitative estimate of drug-likeness (QED) is 0.819. The zero-order valence-corrected chi connectivity index (χ0v) is 15.5. The Kier molecular flexibility index (Phi) is 5.82. The maximum Gasteiger partial charge on any atom is 0.407 e. The van der Waals surface area contributed by atoms with Crippen molar-refractivity contribution in [1.82, 2.24) is 10.6 Å². The van der Waals surface area contributed by atoms with Gasteiger partial charge in [-0.25, -0.2) is 4.79 Å². The normalized spacial score (nSPS) is 22.2. The summed E-state index contributed by atoms with van der Waals surface area (Å²) >= 11 is 12.3. The van der Waals surface area contributed by atoms with E-state index in [2.05, 4.69) is 17.6 Å². The van der Waals surface area contributed by atoms with Crippen molar-refractivity contribution in [1.29, 1.82) is 0 Å². The average molecular weight is 359 g/mol. The standard InChI is InChI=1S/C17H24Cl2N2O2/c1-10(14-7-11(18)5-6-15(14)19)20-12-8-13(9-12)21-16(22)23-17(2,3)4/h5-7,10,12-13,20H,8-9H2,1-4H3,(H,21,22). The molecule has 0 aliphatic heterocycles. The molecule has 0 aromatic heterocycles. The second kappa shape index (κ2) is 7.29. The van der Waals surface area contributed by atoms with Crippen molar-refractivity contribution in [3.8, 4) is 0 Å². The van der Waals surface area contributed by atoms with Crippen molar-refractivity contribution in [2.45, 2.75) is 64.3 Å². The van der Waals surface area contributed by atoms with E-state index in [0.29, 0.717) is 16.1 Å². The lowest BCUT2D eigenvalue weighted by Gasteiger charge is -2.38. The Morgan fingerprint density at radius 3 is 2.52 bits per heavy atom. The van der Waals surface area contributed by atoms with E-state index in [4.69, 9.17) is 27.9 Å². The Morgan fingerprint density at radius 1 is 1.26 bits per heavy atom. The molecule has 0 radical (unpaired) electrons. The largest absolute Gasteiger partial charge is 0.444 e. The van der Waals surface area contributed by atoms with E-state index < -0.39 is 5.60 Å². The summed E-state index contributed by atoms with van der Waals surface area (Å²) in [6, 6.07) is 6.09. The third-order valence-corrected chi connectivity index (χ3v) is 4.35. The number of hydrogen-bond donors (Lipinski definition) is 2. The summed E-state index contributed by atoms with van der Waals surface area (Å²) in [5.41, 5.74) is 0.520. The third-order valence-electron chi connectivity index (χ3n) is 3.77. The molecule has 0 bridgehead atoms. The fraction of sp³-hybridized carbons (Fsp3) is 0.588. The minimum Gasteiger partial charge on any atom is -0.444 e. The molecule has 1 unspecified atom stereocenters. The number of nitrogens with one attached hydrogen (secondary N) is 2. The molecule has 1 fully saturated rings. The second-order valence-electron chi connectivity index (χ2n) is 7.07. The molecule has 23 heavy (non-hydrogen) atoms. The van der Waals surface area contributed by atoms with Crippen LogP contribution in [0.25, 0.3) is 0 Å². The van der Waals surface area contributed by atoms with Crippen molar-refractivity contribution in [2.24, 2.45) is 0 Å². The van der Waals surface area contributed by atoms with Crippen LogP contribution in [-0.2, 0) is 4.74 Å². The van der Waals surface area contributed by atoms with Crippen LogP contribution in [0.4, 0.5) is 4.79 Å². The topological polar surface area (TPSA) is 50.4 Å². The van der Waals surface area contributed by atoms with Gasteiger partial charge in [0.2, 0.25) is 0 Å². The fourth-order valence-electron chi connectivity index (χ4n) is 2.64. The minimum atomic E-state index is -0.469. The molecular formula is C17H24Cl2N2O2. The number of alkyl carbamates (subject to hydrolysis) is 1. The van der Waals surface area contributed by atoms with Gasteiger partial charge in [0.25, 0.3) is 0 Å². The molecule has 1 atom stereocenters. The van der Waals surface area contributed by atoms with E-state index in [1.54, 1.807) is 6.07 Å². The zero-order valence-electron chi connectivity index (χ0n) is 14.0. The Balaban J connectivity index is 1.77. The first-order chi connectivity index (χ1) is 10.6. The molecule has 0 spiro atoms. The van der Waals surface area contributed by atoms with Gasteiger partial charge in [0.15, 0.2) is 0 Å². The summed E-state index contributed by atoms with van der Waals surface area (Å²) in [6.07, 6.45) is 1.40. The number of rotatable bonds is 4. The molecule has 128 valence electrons. The number of benzene rings is 1. The summed E-state index contributed by atoms with van der Waals surface area (Å²) in [4.78, 5) is 11.7. The van der Waals surface area contributed by atoms with Crippen molar-refractivity contribution in [3.05, 3.63) is 33.8 Å². The van der Waals surface area contributed by atoms with Gasteiger partial charge in [-0.05, 0) is 64.3 Å². The zero-order chi connectivity index (χ0) is 17.2. The van der Waals surface area contributed by atoms with Crippen LogP contribution in [-0.4, -0.2) is 23.8 Å². The summed E-state index contributed by atoms with van der Waals surface area (Å²) < 4.78 is 5.26. The number of ether oxygens (including phenoxy) is 1. The second-order valence-corrected chi connectivity index (χ2v) is 7.91. The van der Waals surface area contributed by atoms with Crippen LogP contribution < -0.4 is 10.6 Å². The SMILES string of the molecule is CC(NC1CC(NC(=O)OC(C)(C)C)C1)c1cc(Cl)ccc1Cl. The molecule has 1 aliphatic carbocycles. The van der Waals surface area contributed by atoms with Crippen LogP contribution in [0.1, 0.15) is 52.1 Å². The molecule has 4 nitrogen and oxygen atoms in total. The highest BCUT2D eigenvalue weighted by atomic mass is 35.5. The molecular weight excluding hydrogens is 335 g/mol. The predicted molar refractivity (Wildman–Crippen MR) is 94.2 cm³/mol. The van der Waals surface area contributed by atoms with Gasteiger partial charge in [-0.1, -0.05) is 23.2 Å². The van der Waals surface area contributed by atoms with E-state index in [9.17, 15) is 4.79 Å². The molecule has 2 rings (SSSR count). The van der Waals surface area contributed by atoms with Crippen LogP contribution in [0.3, 0.4) is 0 Å². The highest BCUT2D eigenvalue weighted by Crippen LogP contribution is 2.29. The van der Waals surface area contributed by atoms with Crippen molar-refractivity contribution in [2.75, 3.05) is 0 Å². The molecule has 1 aromatic carbocycles. The number of halogens is 2. The Morgan fingerprint density at radius 2 is 1.91 bits per heavy atom. The summed E-state index contributed by atoms with van der Waals surface area (Å²) in [7, 11) is 0. The molecule has 1 aromatic rings. The van der Waals surface area contributed by atoms with Gasteiger partial charge < -0.3 is 15.4 Å². The average Bonchev–Trinajstić information content (AvgIpc) is 2.36. The maximum absolute atomic E-state index is 11.7. The van der Waals surface area contributed by atoms with Gasteiger partial charge >= 0.3 is 6.09 Å². The highest BCUT2D eigenvalue weighted by molar-refractivity contribution is 6.33. The van der Waals surface area contributed by atoms with Crippen LogP contribution in [0.15, 0.2) is 18.2 Å². The third kappa shape index (κ3) is 5.55. The molecule has 1 saturated carbocycles. The molecule has 0 saturated heterocycles. The first kappa shape index (κ1) is 18.4. The van der Waals surface area contributed by atoms with E-state index in [1.807, 2.05) is 32.9 Å². The number of carbonyl (C=O) groups is 1. The van der Waals surface area contributed by atoms with Crippen molar-refractivity contribution < 1.29 is 9.53 Å². The van der Waals surface area contributed by atoms with E-state index >= 15 is 0 Å². The molecule has 2 N–H and O–H groups in total. The molecule has 1 aliphatic rings. The highest BCUT2D eigenvalue weighted by Gasteiger charge is 2.32. The Hall–Kier alpha value is -0.970. The van der Waals surface area contributed by atoms with E-state index in [-0.39, 0.29) is 18.2 Å². The molecule has 6 heteroatoms. The summed E-state index contributed by atoms with van der Waals surface area (Å²) in [5.74, 6) is 0. The summed E-state index contributed by atoms with van der Waals surface area (Å²) in [5, 5.41) is 7.79. The van der Waals surface area contributed by atoms with Gasteiger partial charge in [0.1, 0.15) is 5.60 Å². The monoisotopic (exact) mass is 358 g/mol. The van der Waals surface area contributed by atoms with Gasteiger partial charge in [0.05, 0.1) is 0 Å². The van der Waals surface area contributed by atoms with Crippen LogP contribution >= 0.6 is 23.2 Å². The van der Waals surface area contributed by atoms with Gasteiger partial charge in [-0.2, -0.15) is 0 Å². The molecule has 0 heterocycles. The first-order valence-corrected chi connectivity index (χ1v) is 8.60. The van der Waals surface area contributed by atoms with E-state index in [0.717, 1.165) is 18.4 Å². The van der Waals surface area contributed by atoms with Crippen LogP contribution in [0.5, 0.6) is 0 Å². The number of hydrogen-bond acceptors (Lipinski definition) is 3. The van der Waals surface area contributed by atoms with Gasteiger partial charge in [-0.3, -0.25) is 0 Å². The number of carbonyl (C=O) groups excluding carboxylic acids is 1. The smallest absolute Gasteiger partial charge is 0.407 e. The van der Waals surface area contributed by atoms with E-state index in [1.165, 1.54) is 0 Å². The maximum atomic E-state index is 11.7. The van der Waals surface area contributed by atoms with Crippen molar-refractivity contribution in [3.63, 3.8) is 0 Å². The van der Waals surface area contributed by atoms with Crippen LogP contribution in [0.2, 0.25) is 10.0 Å². The Bertz CT molecular complexity index is 566.